The largest absolute Gasteiger partial charge is 0.490 e. The zero-order chi connectivity index (χ0) is 19.9. The molecule has 4 nitrogen and oxygen atoms in total. The Morgan fingerprint density at radius 2 is 1.86 bits per heavy atom. The van der Waals surface area contributed by atoms with Gasteiger partial charge in [0.2, 0.25) is 5.91 Å². The fourth-order valence-electron chi connectivity index (χ4n) is 3.28. The number of hydrogen-bond donors (Lipinski definition) is 1. The normalized spacial score (nSPS) is 15.2. The number of ether oxygens (including phenoxy) is 1. The summed E-state index contributed by atoms with van der Waals surface area (Å²) in [5.74, 6) is 0.865. The van der Waals surface area contributed by atoms with Gasteiger partial charge in [-0.3, -0.25) is 9.69 Å². The number of carbonyl (C=O) groups excluding carboxylic acids is 1. The molecule has 28 heavy (non-hydrogen) atoms. The lowest BCUT2D eigenvalue weighted by Gasteiger charge is -2.31. The topological polar surface area (TPSA) is 41.6 Å². The van der Waals surface area contributed by atoms with Crippen LogP contribution in [-0.4, -0.2) is 30.5 Å². The number of hydrogen-bond acceptors (Lipinski definition) is 3. The van der Waals surface area contributed by atoms with Crippen LogP contribution in [-0.2, 0) is 11.3 Å². The van der Waals surface area contributed by atoms with Crippen molar-refractivity contribution in [1.82, 2.24) is 4.90 Å². The van der Waals surface area contributed by atoms with E-state index in [1.807, 2.05) is 42.5 Å². The van der Waals surface area contributed by atoms with E-state index in [1.165, 1.54) is 0 Å². The first-order valence-corrected chi connectivity index (χ1v) is 10.1. The summed E-state index contributed by atoms with van der Waals surface area (Å²) in [6.07, 6.45) is 3.38. The fourth-order valence-corrected chi connectivity index (χ4v) is 3.60. The monoisotopic (exact) mass is 418 g/mol. The molecule has 0 bridgehead atoms. The molecule has 1 fully saturated rings. The van der Waals surface area contributed by atoms with Crippen molar-refractivity contribution in [1.29, 1.82) is 0 Å². The molecular formula is C22H24Cl2N2O2. The maximum atomic E-state index is 12.6. The number of benzene rings is 2. The van der Waals surface area contributed by atoms with Crippen LogP contribution in [0.1, 0.15) is 18.4 Å². The standard InChI is InChI=1S/C22H24Cl2N2O2/c1-2-13-28-19-6-4-18(5-7-19)25-22(27)17-9-11-26(12-10-17)15-16-3-8-20(23)21(24)14-16/h2-8,14,17H,1,9-13,15H2,(H,25,27). The van der Waals surface area contributed by atoms with Gasteiger partial charge in [-0.15, -0.1) is 0 Å². The zero-order valence-electron chi connectivity index (χ0n) is 15.7. The first-order chi connectivity index (χ1) is 13.5. The highest BCUT2D eigenvalue weighted by molar-refractivity contribution is 6.42. The van der Waals surface area contributed by atoms with Crippen molar-refractivity contribution in [3.63, 3.8) is 0 Å². The van der Waals surface area contributed by atoms with E-state index in [9.17, 15) is 4.79 Å². The van der Waals surface area contributed by atoms with E-state index in [2.05, 4.69) is 16.8 Å². The second-order valence-corrected chi connectivity index (χ2v) is 7.73. The van der Waals surface area contributed by atoms with Crippen molar-refractivity contribution < 1.29 is 9.53 Å². The van der Waals surface area contributed by atoms with Crippen molar-refractivity contribution in [2.75, 3.05) is 25.0 Å². The van der Waals surface area contributed by atoms with Crippen LogP contribution >= 0.6 is 23.2 Å². The molecule has 0 spiro atoms. The van der Waals surface area contributed by atoms with Crippen molar-refractivity contribution in [2.45, 2.75) is 19.4 Å². The average Bonchev–Trinajstić information content (AvgIpc) is 2.71. The molecule has 1 aliphatic rings. The zero-order valence-corrected chi connectivity index (χ0v) is 17.2. The van der Waals surface area contributed by atoms with Crippen LogP contribution in [0.2, 0.25) is 10.0 Å². The molecule has 1 saturated heterocycles. The van der Waals surface area contributed by atoms with E-state index in [1.54, 1.807) is 6.08 Å². The summed E-state index contributed by atoms with van der Waals surface area (Å²) in [6, 6.07) is 13.1. The Hall–Kier alpha value is -2.01. The molecule has 0 aliphatic carbocycles. The molecule has 148 valence electrons. The minimum atomic E-state index is 0.0294. The predicted molar refractivity (Wildman–Crippen MR) is 115 cm³/mol. The molecule has 0 aromatic heterocycles. The number of anilines is 1. The lowest BCUT2D eigenvalue weighted by atomic mass is 9.95. The Bertz CT molecular complexity index is 816. The third kappa shape index (κ3) is 5.74. The second-order valence-electron chi connectivity index (χ2n) is 6.91. The summed E-state index contributed by atoms with van der Waals surface area (Å²) in [5.41, 5.74) is 1.92. The molecule has 0 atom stereocenters. The molecule has 2 aromatic carbocycles. The maximum Gasteiger partial charge on any atom is 0.227 e. The Kier molecular flexibility index (Phi) is 7.37. The van der Waals surface area contributed by atoms with Gasteiger partial charge in [0.15, 0.2) is 0 Å². The number of amides is 1. The molecule has 6 heteroatoms. The third-order valence-electron chi connectivity index (χ3n) is 4.84. The van der Waals surface area contributed by atoms with E-state index in [4.69, 9.17) is 27.9 Å². The van der Waals surface area contributed by atoms with Gasteiger partial charge in [-0.25, -0.2) is 0 Å². The van der Waals surface area contributed by atoms with Crippen molar-refractivity contribution >= 4 is 34.8 Å². The number of nitrogens with zero attached hydrogens (tertiary/aromatic N) is 1. The number of carbonyl (C=O) groups is 1. The SMILES string of the molecule is C=CCOc1ccc(NC(=O)C2CCN(Cc3ccc(Cl)c(Cl)c3)CC2)cc1. The quantitative estimate of drug-likeness (QED) is 0.611. The molecule has 0 saturated carbocycles. The average molecular weight is 419 g/mol. The number of nitrogens with one attached hydrogen (secondary N) is 1. The molecule has 1 N–H and O–H groups in total. The lowest BCUT2D eigenvalue weighted by Crippen LogP contribution is -2.37. The van der Waals surface area contributed by atoms with Crippen LogP contribution in [0, 0.1) is 5.92 Å². The van der Waals surface area contributed by atoms with Gasteiger partial charge < -0.3 is 10.1 Å². The first-order valence-electron chi connectivity index (χ1n) is 9.36. The lowest BCUT2D eigenvalue weighted by molar-refractivity contribution is -0.121. The van der Waals surface area contributed by atoms with Gasteiger partial charge >= 0.3 is 0 Å². The van der Waals surface area contributed by atoms with Crippen LogP contribution in [0.5, 0.6) is 5.75 Å². The minimum Gasteiger partial charge on any atom is -0.490 e. The summed E-state index contributed by atoms with van der Waals surface area (Å²) in [4.78, 5) is 14.9. The van der Waals surface area contributed by atoms with Gasteiger partial charge in [0.1, 0.15) is 12.4 Å². The Morgan fingerprint density at radius 1 is 1.14 bits per heavy atom. The summed E-state index contributed by atoms with van der Waals surface area (Å²) >= 11 is 12.1. The molecule has 0 radical (unpaired) electrons. The van der Waals surface area contributed by atoms with E-state index in [0.717, 1.165) is 49.5 Å². The van der Waals surface area contributed by atoms with E-state index in [-0.39, 0.29) is 11.8 Å². The first kappa shape index (κ1) is 20.7. The molecule has 1 amide bonds. The highest BCUT2D eigenvalue weighted by atomic mass is 35.5. The third-order valence-corrected chi connectivity index (χ3v) is 5.58. The van der Waals surface area contributed by atoms with Crippen molar-refractivity contribution in [3.05, 3.63) is 70.7 Å². The second kappa shape index (κ2) is 9.97. The van der Waals surface area contributed by atoms with Crippen LogP contribution in [0.3, 0.4) is 0 Å². The highest BCUT2D eigenvalue weighted by Gasteiger charge is 2.25. The molecule has 1 heterocycles. The summed E-state index contributed by atoms with van der Waals surface area (Å²) in [6.45, 7) is 6.67. The van der Waals surface area contributed by atoms with Gasteiger partial charge in [0.25, 0.3) is 0 Å². The van der Waals surface area contributed by atoms with Crippen LogP contribution in [0.15, 0.2) is 55.1 Å². The smallest absolute Gasteiger partial charge is 0.227 e. The number of likely N-dealkylation sites (tertiary alicyclic amines) is 1. The Labute approximate surface area is 176 Å². The fraction of sp³-hybridized carbons (Fsp3) is 0.318. The summed E-state index contributed by atoms with van der Waals surface area (Å²) < 4.78 is 5.45. The van der Waals surface area contributed by atoms with E-state index >= 15 is 0 Å². The molecule has 1 aliphatic heterocycles. The van der Waals surface area contributed by atoms with Gasteiger partial charge in [-0.1, -0.05) is 41.9 Å². The van der Waals surface area contributed by atoms with Crippen LogP contribution < -0.4 is 10.1 Å². The van der Waals surface area contributed by atoms with E-state index in [0.29, 0.717) is 16.7 Å². The van der Waals surface area contributed by atoms with Gasteiger partial charge in [0, 0.05) is 18.2 Å². The summed E-state index contributed by atoms with van der Waals surface area (Å²) in [7, 11) is 0. The van der Waals surface area contributed by atoms with Gasteiger partial charge in [-0.05, 0) is 67.9 Å². The summed E-state index contributed by atoms with van der Waals surface area (Å²) in [5, 5.41) is 4.16. The van der Waals surface area contributed by atoms with Gasteiger partial charge in [0.05, 0.1) is 10.0 Å². The Balaban J connectivity index is 1.46. The van der Waals surface area contributed by atoms with Crippen LogP contribution in [0.25, 0.3) is 0 Å². The minimum absolute atomic E-state index is 0.0294. The predicted octanol–water partition coefficient (Wildman–Crippen LogP) is 5.41. The molecule has 0 unspecified atom stereocenters. The molecule has 3 rings (SSSR count). The van der Waals surface area contributed by atoms with Crippen molar-refractivity contribution in [2.24, 2.45) is 5.92 Å². The molecular weight excluding hydrogens is 395 g/mol. The van der Waals surface area contributed by atoms with Crippen molar-refractivity contribution in [3.8, 4) is 5.75 Å². The number of halogens is 2. The van der Waals surface area contributed by atoms with Crippen LogP contribution in [0.4, 0.5) is 5.69 Å². The Morgan fingerprint density at radius 3 is 2.50 bits per heavy atom. The van der Waals surface area contributed by atoms with E-state index < -0.39 is 0 Å². The maximum absolute atomic E-state index is 12.6. The highest BCUT2D eigenvalue weighted by Crippen LogP contribution is 2.25. The number of piperidine rings is 1. The van der Waals surface area contributed by atoms with Gasteiger partial charge in [-0.2, -0.15) is 0 Å². The molecule has 2 aromatic rings. The number of rotatable bonds is 7.